The topological polar surface area (TPSA) is 81.1 Å². The number of hydrogen-bond acceptors (Lipinski definition) is 4. The van der Waals surface area contributed by atoms with Gasteiger partial charge in [0.15, 0.2) is 0 Å². The maximum Gasteiger partial charge on any atom is 0.339 e. The van der Waals surface area contributed by atoms with Crippen LogP contribution in [-0.2, 0) is 0 Å². The number of benzene rings is 2. The molecule has 2 fully saturated rings. The molecule has 0 spiro atoms. The first-order valence-corrected chi connectivity index (χ1v) is 9.23. The van der Waals surface area contributed by atoms with Crippen LogP contribution in [0.4, 0.5) is 0 Å². The Labute approximate surface area is 157 Å². The van der Waals surface area contributed by atoms with Crippen molar-refractivity contribution in [1.82, 2.24) is 9.80 Å². The molecule has 0 radical (unpaired) electrons. The highest BCUT2D eigenvalue weighted by Gasteiger charge is 2.32. The highest BCUT2D eigenvalue weighted by Crippen LogP contribution is 2.27. The molecule has 2 saturated heterocycles. The van der Waals surface area contributed by atoms with Crippen LogP contribution >= 0.6 is 0 Å². The number of rotatable bonds is 3. The third-order valence-electron chi connectivity index (χ3n) is 5.57. The van der Waals surface area contributed by atoms with Crippen LogP contribution in [0, 0.1) is 0 Å². The lowest BCUT2D eigenvalue weighted by Crippen LogP contribution is -2.52. The molecular formula is C21H22N2O4. The Balaban J connectivity index is 1.51. The van der Waals surface area contributed by atoms with Crippen LogP contribution in [0.25, 0.3) is 11.1 Å². The van der Waals surface area contributed by atoms with Crippen LogP contribution in [0.2, 0.25) is 0 Å². The number of aromatic hydroxyl groups is 1. The van der Waals surface area contributed by atoms with Gasteiger partial charge in [-0.2, -0.15) is 0 Å². The Morgan fingerprint density at radius 3 is 2.44 bits per heavy atom. The van der Waals surface area contributed by atoms with Gasteiger partial charge in [-0.3, -0.25) is 9.69 Å². The number of carboxylic acid groups (broad SMARTS) is 1. The third kappa shape index (κ3) is 3.40. The summed E-state index contributed by atoms with van der Waals surface area (Å²) in [5, 5.41) is 18.8. The van der Waals surface area contributed by atoms with Crippen LogP contribution < -0.4 is 0 Å². The molecule has 2 aliphatic heterocycles. The lowest BCUT2D eigenvalue weighted by Gasteiger charge is -2.37. The number of nitrogens with zero attached hydrogens (tertiary/aromatic N) is 2. The molecule has 0 unspecified atom stereocenters. The van der Waals surface area contributed by atoms with Crippen molar-refractivity contribution in [3.8, 4) is 16.9 Å². The number of fused-ring (bicyclic) bond motifs is 1. The maximum absolute atomic E-state index is 12.8. The van der Waals surface area contributed by atoms with Crippen LogP contribution in [0.3, 0.4) is 0 Å². The largest absolute Gasteiger partial charge is 0.507 e. The summed E-state index contributed by atoms with van der Waals surface area (Å²) < 4.78 is 0. The second kappa shape index (κ2) is 7.04. The normalized spacial score (nSPS) is 19.7. The fourth-order valence-electron chi connectivity index (χ4n) is 4.05. The highest BCUT2D eigenvalue weighted by atomic mass is 16.4. The predicted octanol–water partition coefficient (Wildman–Crippen LogP) is 2.68. The highest BCUT2D eigenvalue weighted by molar-refractivity contribution is 5.95. The number of carbonyl (C=O) groups is 2. The zero-order valence-electron chi connectivity index (χ0n) is 15.0. The lowest BCUT2D eigenvalue weighted by molar-refractivity contribution is 0.0571. The van der Waals surface area contributed by atoms with Gasteiger partial charge in [0.05, 0.1) is 0 Å². The fourth-order valence-corrected chi connectivity index (χ4v) is 4.05. The standard InChI is InChI=1S/C21H22N2O4/c24-19-8-7-16(12-18(19)21(26)27)14-3-5-15(6-4-14)20(25)23-11-10-22-9-1-2-17(22)13-23/h3-8,12,17,24H,1-2,9-11,13H2,(H,26,27)/t17-/m1/s1. The van der Waals surface area contributed by atoms with Crippen molar-refractivity contribution < 1.29 is 19.8 Å². The van der Waals surface area contributed by atoms with Gasteiger partial charge in [0.2, 0.25) is 0 Å². The molecule has 4 rings (SSSR count). The molecule has 2 aromatic rings. The number of phenols is 1. The molecule has 0 saturated carbocycles. The van der Waals surface area contributed by atoms with Crippen LogP contribution in [0.1, 0.15) is 33.6 Å². The smallest absolute Gasteiger partial charge is 0.339 e. The molecule has 0 bridgehead atoms. The Bertz CT molecular complexity index is 878. The maximum atomic E-state index is 12.8. The molecule has 140 valence electrons. The van der Waals surface area contributed by atoms with E-state index in [1.807, 2.05) is 17.0 Å². The average Bonchev–Trinajstić information content (AvgIpc) is 3.15. The van der Waals surface area contributed by atoms with E-state index in [0.717, 1.165) is 38.2 Å². The molecule has 1 atom stereocenters. The summed E-state index contributed by atoms with van der Waals surface area (Å²) in [4.78, 5) is 28.4. The van der Waals surface area contributed by atoms with Crippen molar-refractivity contribution in [1.29, 1.82) is 0 Å². The Morgan fingerprint density at radius 2 is 1.70 bits per heavy atom. The number of hydrogen-bond donors (Lipinski definition) is 2. The Morgan fingerprint density at radius 1 is 0.963 bits per heavy atom. The summed E-state index contributed by atoms with van der Waals surface area (Å²) in [7, 11) is 0. The van der Waals surface area contributed by atoms with E-state index < -0.39 is 5.97 Å². The summed E-state index contributed by atoms with van der Waals surface area (Å²) >= 11 is 0. The van der Waals surface area contributed by atoms with E-state index in [2.05, 4.69) is 4.90 Å². The zero-order valence-corrected chi connectivity index (χ0v) is 15.0. The summed E-state index contributed by atoms with van der Waals surface area (Å²) in [5.41, 5.74) is 1.99. The molecule has 2 heterocycles. The first kappa shape index (κ1) is 17.5. The van der Waals surface area contributed by atoms with Crippen molar-refractivity contribution in [2.45, 2.75) is 18.9 Å². The van der Waals surface area contributed by atoms with E-state index in [9.17, 15) is 14.7 Å². The van der Waals surface area contributed by atoms with Crippen molar-refractivity contribution in [3.05, 3.63) is 53.6 Å². The zero-order chi connectivity index (χ0) is 19.0. The van der Waals surface area contributed by atoms with E-state index in [-0.39, 0.29) is 17.2 Å². The van der Waals surface area contributed by atoms with Gasteiger partial charge in [-0.05, 0) is 54.8 Å². The molecule has 1 amide bonds. The molecule has 2 N–H and O–H groups in total. The summed E-state index contributed by atoms with van der Waals surface area (Å²) in [5.74, 6) is -1.39. The Hall–Kier alpha value is -2.86. The molecular weight excluding hydrogens is 344 g/mol. The second-order valence-electron chi connectivity index (χ2n) is 7.20. The first-order chi connectivity index (χ1) is 13.0. The van der Waals surface area contributed by atoms with Crippen molar-refractivity contribution >= 4 is 11.9 Å². The number of amides is 1. The SMILES string of the molecule is O=C(O)c1cc(-c2ccc(C(=O)N3CCN4CCC[C@@H]4C3)cc2)ccc1O. The van der Waals surface area contributed by atoms with Crippen LogP contribution in [0.5, 0.6) is 5.75 Å². The molecule has 6 heteroatoms. The van der Waals surface area contributed by atoms with Gasteiger partial charge in [0.25, 0.3) is 5.91 Å². The molecule has 0 aliphatic carbocycles. The number of piperazine rings is 1. The summed E-state index contributed by atoms with van der Waals surface area (Å²) in [6, 6.07) is 12.2. The van der Waals surface area contributed by atoms with Gasteiger partial charge in [-0.15, -0.1) is 0 Å². The quantitative estimate of drug-likeness (QED) is 0.873. The lowest BCUT2D eigenvalue weighted by atomic mass is 10.0. The van der Waals surface area contributed by atoms with E-state index in [1.165, 1.54) is 18.6 Å². The minimum absolute atomic E-state index is 0.0463. The third-order valence-corrected chi connectivity index (χ3v) is 5.57. The fraction of sp³-hybridized carbons (Fsp3) is 0.333. The monoisotopic (exact) mass is 366 g/mol. The number of carboxylic acids is 1. The van der Waals surface area contributed by atoms with Gasteiger partial charge in [0.1, 0.15) is 11.3 Å². The minimum Gasteiger partial charge on any atom is -0.507 e. The summed E-state index contributed by atoms with van der Waals surface area (Å²) in [6.45, 7) is 3.64. The van der Waals surface area contributed by atoms with Gasteiger partial charge in [-0.1, -0.05) is 18.2 Å². The van der Waals surface area contributed by atoms with E-state index in [0.29, 0.717) is 17.2 Å². The molecule has 2 aromatic carbocycles. The number of carbonyl (C=O) groups excluding carboxylic acids is 1. The number of aromatic carboxylic acids is 1. The minimum atomic E-state index is -1.17. The summed E-state index contributed by atoms with van der Waals surface area (Å²) in [6.07, 6.45) is 2.38. The molecule has 6 nitrogen and oxygen atoms in total. The van der Waals surface area contributed by atoms with Crippen molar-refractivity contribution in [2.75, 3.05) is 26.2 Å². The van der Waals surface area contributed by atoms with Crippen LogP contribution in [0.15, 0.2) is 42.5 Å². The van der Waals surface area contributed by atoms with Crippen LogP contribution in [-0.4, -0.2) is 64.1 Å². The Kier molecular flexibility index (Phi) is 4.58. The van der Waals surface area contributed by atoms with Crippen molar-refractivity contribution in [3.63, 3.8) is 0 Å². The van der Waals surface area contributed by atoms with Gasteiger partial charge >= 0.3 is 5.97 Å². The van der Waals surface area contributed by atoms with Gasteiger partial charge < -0.3 is 15.1 Å². The average molecular weight is 366 g/mol. The van der Waals surface area contributed by atoms with Gasteiger partial charge in [0, 0.05) is 31.2 Å². The molecule has 0 aromatic heterocycles. The van der Waals surface area contributed by atoms with Gasteiger partial charge in [-0.25, -0.2) is 4.79 Å². The molecule has 2 aliphatic rings. The van der Waals surface area contributed by atoms with Crippen molar-refractivity contribution in [2.24, 2.45) is 0 Å². The van der Waals surface area contributed by atoms with E-state index in [1.54, 1.807) is 18.2 Å². The predicted molar refractivity (Wildman–Crippen MR) is 101 cm³/mol. The van der Waals surface area contributed by atoms with E-state index in [4.69, 9.17) is 5.11 Å². The molecule has 27 heavy (non-hydrogen) atoms. The second-order valence-corrected chi connectivity index (χ2v) is 7.20. The first-order valence-electron chi connectivity index (χ1n) is 9.23. The van der Waals surface area contributed by atoms with E-state index >= 15 is 0 Å².